The number of allylic oxidation sites excluding steroid dienone is 1. The maximum atomic E-state index is 13.4. The number of nitrogens with zero attached hydrogens (tertiary/aromatic N) is 4. The normalized spacial score (nSPS) is 12.3. The van der Waals surface area contributed by atoms with E-state index in [4.69, 9.17) is 5.73 Å². The molecule has 0 aliphatic heterocycles. The van der Waals surface area contributed by atoms with Crippen molar-refractivity contribution in [1.82, 2.24) is 19.3 Å². The highest BCUT2D eigenvalue weighted by atomic mass is 35.5. The highest BCUT2D eigenvalue weighted by molar-refractivity contribution is 7.89. The van der Waals surface area contributed by atoms with Gasteiger partial charge in [-0.25, -0.2) is 21.8 Å². The first kappa shape index (κ1) is 20.2. The van der Waals surface area contributed by atoms with Gasteiger partial charge in [0.1, 0.15) is 11.5 Å². The molecule has 10 heteroatoms. The molecule has 1 heterocycles. The van der Waals surface area contributed by atoms with Crippen molar-refractivity contribution in [2.24, 2.45) is 5.73 Å². The molecule has 132 valence electrons. The van der Waals surface area contributed by atoms with E-state index in [-0.39, 0.29) is 30.4 Å². The molecule has 0 aliphatic rings. The quantitative estimate of drug-likeness (QED) is 0.824. The van der Waals surface area contributed by atoms with Crippen LogP contribution in [0.3, 0.4) is 0 Å². The molecule has 1 aromatic carbocycles. The maximum Gasteiger partial charge on any atom is 0.242 e. The first-order valence-corrected chi connectivity index (χ1v) is 8.26. The molecule has 7 nitrogen and oxygen atoms in total. The van der Waals surface area contributed by atoms with Gasteiger partial charge in [0.05, 0.1) is 17.6 Å². The van der Waals surface area contributed by atoms with E-state index in [1.807, 2.05) is 0 Å². The summed E-state index contributed by atoms with van der Waals surface area (Å²) in [5.74, 6) is -0.392. The van der Waals surface area contributed by atoms with E-state index in [1.54, 1.807) is 18.3 Å². The van der Waals surface area contributed by atoms with Crippen LogP contribution in [-0.2, 0) is 16.6 Å². The summed E-state index contributed by atoms with van der Waals surface area (Å²) < 4.78 is 39.9. The molecule has 0 spiro atoms. The molecule has 0 amide bonds. The van der Waals surface area contributed by atoms with E-state index in [1.165, 1.54) is 37.0 Å². The Morgan fingerprint density at radius 2 is 1.96 bits per heavy atom. The Morgan fingerprint density at radius 1 is 1.33 bits per heavy atom. The highest BCUT2D eigenvalue weighted by Gasteiger charge is 2.17. The maximum absolute atomic E-state index is 13.4. The Kier molecular flexibility index (Phi) is 7.03. The molecule has 0 bridgehead atoms. The fourth-order valence-electron chi connectivity index (χ4n) is 1.86. The molecule has 0 saturated carbocycles. The van der Waals surface area contributed by atoms with E-state index < -0.39 is 15.9 Å². The number of benzene rings is 1. The molecule has 2 rings (SSSR count). The molecule has 0 saturated heterocycles. The Morgan fingerprint density at radius 3 is 2.50 bits per heavy atom. The standard InChI is InChI=1S/C14H18FN5O2S.ClH/c1-19(2)23(21,22)13-5-3-11(4-6-13)14-10-20(18-17-14)9-12(15)7-8-16;/h3-7,10H,8-9,16H2,1-2H3;1H/b12-7-;. The van der Waals surface area contributed by atoms with Crippen LogP contribution < -0.4 is 5.73 Å². The molecular weight excluding hydrogens is 357 g/mol. The molecule has 2 N–H and O–H groups in total. The van der Waals surface area contributed by atoms with Gasteiger partial charge in [-0.15, -0.1) is 17.5 Å². The van der Waals surface area contributed by atoms with Crippen molar-refractivity contribution in [3.8, 4) is 11.3 Å². The Balaban J connectivity index is 0.00000288. The van der Waals surface area contributed by atoms with Crippen molar-refractivity contribution in [3.05, 3.63) is 42.4 Å². The minimum absolute atomic E-state index is 0. The van der Waals surface area contributed by atoms with E-state index in [9.17, 15) is 12.8 Å². The lowest BCUT2D eigenvalue weighted by atomic mass is 10.2. The number of nitrogens with two attached hydrogens (primary N) is 1. The molecule has 0 radical (unpaired) electrons. The predicted octanol–water partition coefficient (Wildman–Crippen LogP) is 1.43. The summed E-state index contributed by atoms with van der Waals surface area (Å²) in [6.45, 7) is 0.0759. The topological polar surface area (TPSA) is 94.1 Å². The zero-order valence-corrected chi connectivity index (χ0v) is 14.9. The Hall–Kier alpha value is -1.81. The zero-order valence-electron chi connectivity index (χ0n) is 13.3. The molecule has 2 aromatic rings. The minimum Gasteiger partial charge on any atom is -0.327 e. The predicted molar refractivity (Wildman–Crippen MR) is 91.8 cm³/mol. The van der Waals surface area contributed by atoms with Gasteiger partial charge in [-0.3, -0.25) is 0 Å². The van der Waals surface area contributed by atoms with Gasteiger partial charge in [0.15, 0.2) is 0 Å². The summed E-state index contributed by atoms with van der Waals surface area (Å²) in [6.07, 6.45) is 2.85. The number of hydrogen-bond acceptors (Lipinski definition) is 5. The van der Waals surface area contributed by atoms with Crippen molar-refractivity contribution in [3.63, 3.8) is 0 Å². The fourth-order valence-corrected chi connectivity index (χ4v) is 2.77. The second kappa shape index (κ2) is 8.34. The summed E-state index contributed by atoms with van der Waals surface area (Å²) in [7, 11) is -0.529. The van der Waals surface area contributed by atoms with Crippen LogP contribution in [0.5, 0.6) is 0 Å². The van der Waals surface area contributed by atoms with E-state index in [0.29, 0.717) is 11.3 Å². The number of hydrogen-bond donors (Lipinski definition) is 1. The molecule has 0 fully saturated rings. The second-order valence-electron chi connectivity index (χ2n) is 5.00. The van der Waals surface area contributed by atoms with Gasteiger partial charge in [0.2, 0.25) is 10.0 Å². The molecule has 24 heavy (non-hydrogen) atoms. The van der Waals surface area contributed by atoms with Gasteiger partial charge in [-0.1, -0.05) is 17.3 Å². The van der Waals surface area contributed by atoms with Gasteiger partial charge >= 0.3 is 0 Å². The van der Waals surface area contributed by atoms with Crippen LogP contribution in [0.25, 0.3) is 11.3 Å². The molecular formula is C14H19ClFN5O2S. The average Bonchev–Trinajstić information content (AvgIpc) is 2.96. The number of halogens is 2. The van der Waals surface area contributed by atoms with Crippen molar-refractivity contribution in [2.45, 2.75) is 11.4 Å². The van der Waals surface area contributed by atoms with Crippen molar-refractivity contribution >= 4 is 22.4 Å². The molecule has 0 aliphatic carbocycles. The van der Waals surface area contributed by atoms with Gasteiger partial charge in [-0.2, -0.15) is 0 Å². The molecule has 0 unspecified atom stereocenters. The number of aromatic nitrogens is 3. The lowest BCUT2D eigenvalue weighted by molar-refractivity contribution is 0.516. The van der Waals surface area contributed by atoms with Crippen LogP contribution in [-0.4, -0.2) is 48.4 Å². The van der Waals surface area contributed by atoms with Crippen LogP contribution in [0, 0.1) is 0 Å². The smallest absolute Gasteiger partial charge is 0.242 e. The van der Waals surface area contributed by atoms with Gasteiger partial charge in [0.25, 0.3) is 0 Å². The average molecular weight is 376 g/mol. The van der Waals surface area contributed by atoms with Gasteiger partial charge < -0.3 is 5.73 Å². The van der Waals surface area contributed by atoms with Crippen molar-refractivity contribution < 1.29 is 12.8 Å². The lowest BCUT2D eigenvalue weighted by Crippen LogP contribution is -2.22. The largest absolute Gasteiger partial charge is 0.327 e. The third kappa shape index (κ3) is 4.60. The van der Waals surface area contributed by atoms with E-state index >= 15 is 0 Å². The summed E-state index contributed by atoms with van der Waals surface area (Å²) in [5.41, 5.74) is 6.45. The highest BCUT2D eigenvalue weighted by Crippen LogP contribution is 2.20. The second-order valence-corrected chi connectivity index (χ2v) is 7.15. The van der Waals surface area contributed by atoms with Crippen LogP contribution >= 0.6 is 12.4 Å². The zero-order chi connectivity index (χ0) is 17.0. The van der Waals surface area contributed by atoms with Crippen molar-refractivity contribution in [2.75, 3.05) is 20.6 Å². The summed E-state index contributed by atoms with van der Waals surface area (Å²) >= 11 is 0. The van der Waals surface area contributed by atoms with Crippen LogP contribution in [0.2, 0.25) is 0 Å². The summed E-state index contributed by atoms with van der Waals surface area (Å²) in [6, 6.07) is 6.27. The Labute approximate surface area is 146 Å². The van der Waals surface area contributed by atoms with Crippen LogP contribution in [0.1, 0.15) is 0 Å². The van der Waals surface area contributed by atoms with E-state index in [0.717, 1.165) is 4.31 Å². The van der Waals surface area contributed by atoms with Gasteiger partial charge in [-0.05, 0) is 18.2 Å². The Bertz CT molecular complexity index is 803. The van der Waals surface area contributed by atoms with Crippen molar-refractivity contribution in [1.29, 1.82) is 0 Å². The van der Waals surface area contributed by atoms with Crippen LogP contribution in [0.4, 0.5) is 4.39 Å². The number of rotatable bonds is 6. The van der Waals surface area contributed by atoms with Crippen LogP contribution in [0.15, 0.2) is 47.3 Å². The first-order chi connectivity index (χ1) is 10.8. The first-order valence-electron chi connectivity index (χ1n) is 6.82. The minimum atomic E-state index is -3.47. The third-order valence-electron chi connectivity index (χ3n) is 3.12. The molecule has 0 atom stereocenters. The molecule has 1 aromatic heterocycles. The third-order valence-corrected chi connectivity index (χ3v) is 4.95. The number of sulfonamides is 1. The fraction of sp³-hybridized carbons (Fsp3) is 0.286. The van der Waals surface area contributed by atoms with E-state index in [2.05, 4.69) is 10.3 Å². The SMILES string of the molecule is CN(C)S(=O)(=O)c1ccc(-c2cn(C/C(F)=C/CN)nn2)cc1.Cl. The summed E-state index contributed by atoms with van der Waals surface area (Å²) in [5, 5.41) is 7.79. The summed E-state index contributed by atoms with van der Waals surface area (Å²) in [4.78, 5) is 0.190. The monoisotopic (exact) mass is 375 g/mol. The van der Waals surface area contributed by atoms with Gasteiger partial charge in [0, 0.05) is 26.2 Å². The lowest BCUT2D eigenvalue weighted by Gasteiger charge is -2.11.